The van der Waals surface area contributed by atoms with E-state index in [1.54, 1.807) is 0 Å². The van der Waals surface area contributed by atoms with Crippen molar-refractivity contribution in [2.75, 3.05) is 13.2 Å². The Bertz CT molecular complexity index is 955. The van der Waals surface area contributed by atoms with E-state index in [1.165, 1.54) is 60.8 Å². The average molecular weight is 583 g/mol. The third-order valence-corrected chi connectivity index (χ3v) is 9.74. The van der Waals surface area contributed by atoms with Gasteiger partial charge in [0, 0.05) is 0 Å². The summed E-state index contributed by atoms with van der Waals surface area (Å²) >= 11 is 0. The van der Waals surface area contributed by atoms with Gasteiger partial charge >= 0.3 is 8.60 Å². The van der Waals surface area contributed by atoms with Crippen LogP contribution in [0.15, 0.2) is 48.5 Å². The standard InChI is InChI=1S/C37H59O3P/c1-9-11-15-30(32-17-13-19-34(24-32)36(3,4)5)22-28-21-29(27-40-41(38)39-26-28)23-31(16-12-10-2)33-18-14-20-35(25-33)37(6,7)8/h13-14,17-20,24-25,28-31,38H,9-12,15-16,21-23,26-27H2,1-8H3. The van der Waals surface area contributed by atoms with Gasteiger partial charge in [0.05, 0.1) is 13.2 Å². The number of unbranched alkanes of at least 4 members (excludes halogenated alkanes) is 2. The molecule has 0 saturated carbocycles. The van der Waals surface area contributed by atoms with Crippen molar-refractivity contribution >= 4 is 8.60 Å². The van der Waals surface area contributed by atoms with Crippen molar-refractivity contribution in [3.05, 3.63) is 70.8 Å². The lowest BCUT2D eigenvalue weighted by Gasteiger charge is -2.33. The van der Waals surface area contributed by atoms with Crippen LogP contribution in [0, 0.1) is 11.8 Å². The molecule has 0 spiro atoms. The van der Waals surface area contributed by atoms with Crippen LogP contribution in [0.2, 0.25) is 0 Å². The van der Waals surface area contributed by atoms with Crippen LogP contribution >= 0.6 is 8.60 Å². The zero-order chi connectivity index (χ0) is 30.0. The van der Waals surface area contributed by atoms with Gasteiger partial charge < -0.3 is 13.9 Å². The number of rotatable bonds is 12. The van der Waals surface area contributed by atoms with Crippen molar-refractivity contribution < 1.29 is 13.9 Å². The Morgan fingerprint density at radius 1 is 0.732 bits per heavy atom. The van der Waals surface area contributed by atoms with Crippen molar-refractivity contribution in [3.63, 3.8) is 0 Å². The number of hydrogen-bond acceptors (Lipinski definition) is 3. The summed E-state index contributed by atoms with van der Waals surface area (Å²) in [5.41, 5.74) is 6.03. The monoisotopic (exact) mass is 582 g/mol. The van der Waals surface area contributed by atoms with Crippen molar-refractivity contribution in [1.29, 1.82) is 0 Å². The third-order valence-electron chi connectivity index (χ3n) is 9.00. The second-order valence-electron chi connectivity index (χ2n) is 14.7. The van der Waals surface area contributed by atoms with E-state index in [-0.39, 0.29) is 10.8 Å². The van der Waals surface area contributed by atoms with Crippen LogP contribution in [0.3, 0.4) is 0 Å². The molecule has 1 fully saturated rings. The summed E-state index contributed by atoms with van der Waals surface area (Å²) in [5, 5.41) is 0. The molecule has 1 N–H and O–H groups in total. The molecule has 0 aromatic heterocycles. The van der Waals surface area contributed by atoms with Crippen molar-refractivity contribution in [2.24, 2.45) is 11.8 Å². The van der Waals surface area contributed by atoms with E-state index in [4.69, 9.17) is 9.05 Å². The zero-order valence-corrected chi connectivity index (χ0v) is 28.3. The predicted molar refractivity (Wildman–Crippen MR) is 177 cm³/mol. The Balaban J connectivity index is 1.83. The van der Waals surface area contributed by atoms with Gasteiger partial charge in [0.2, 0.25) is 0 Å². The second-order valence-corrected chi connectivity index (χ2v) is 15.7. The highest BCUT2D eigenvalue weighted by molar-refractivity contribution is 7.40. The second kappa shape index (κ2) is 16.0. The molecule has 0 bridgehead atoms. The highest BCUT2D eigenvalue weighted by Crippen LogP contribution is 2.43. The highest BCUT2D eigenvalue weighted by Gasteiger charge is 2.29. The molecule has 0 radical (unpaired) electrons. The lowest BCUT2D eigenvalue weighted by Crippen LogP contribution is -2.24. The fraction of sp³-hybridized carbons (Fsp3) is 0.676. The Hall–Kier alpha value is -1.25. The zero-order valence-electron chi connectivity index (χ0n) is 27.4. The highest BCUT2D eigenvalue weighted by atomic mass is 31.2. The van der Waals surface area contributed by atoms with Gasteiger partial charge in [0.1, 0.15) is 0 Å². The minimum Gasteiger partial charge on any atom is -0.328 e. The summed E-state index contributed by atoms with van der Waals surface area (Å²) in [4.78, 5) is 10.5. The molecule has 230 valence electrons. The van der Waals surface area contributed by atoms with Crippen LogP contribution in [0.25, 0.3) is 0 Å². The molecule has 4 unspecified atom stereocenters. The number of hydrogen-bond donors (Lipinski definition) is 1. The summed E-state index contributed by atoms with van der Waals surface area (Å²) in [6.07, 6.45) is 10.6. The molecule has 4 heteroatoms. The maximum Gasteiger partial charge on any atom is 0.329 e. The molecule has 1 heterocycles. The van der Waals surface area contributed by atoms with E-state index >= 15 is 0 Å². The normalized spacial score (nSPS) is 22.1. The summed E-state index contributed by atoms with van der Waals surface area (Å²) in [6, 6.07) is 18.6. The van der Waals surface area contributed by atoms with Crippen LogP contribution in [-0.4, -0.2) is 18.1 Å². The Kier molecular flexibility index (Phi) is 13.4. The Morgan fingerprint density at radius 2 is 1.15 bits per heavy atom. The summed E-state index contributed by atoms with van der Waals surface area (Å²) in [6.45, 7) is 19.6. The minimum absolute atomic E-state index is 0.140. The van der Waals surface area contributed by atoms with Gasteiger partial charge in [-0.05, 0) is 88.9 Å². The first kappa shape index (κ1) is 34.2. The molecule has 2 aromatic rings. The fourth-order valence-electron chi connectivity index (χ4n) is 6.38. The van der Waals surface area contributed by atoms with Gasteiger partial charge in [-0.2, -0.15) is 0 Å². The van der Waals surface area contributed by atoms with Gasteiger partial charge in [-0.25, -0.2) is 0 Å². The predicted octanol–water partition coefficient (Wildman–Crippen LogP) is 11.2. The molecule has 0 aliphatic carbocycles. The average Bonchev–Trinajstić information content (AvgIpc) is 2.92. The van der Waals surface area contributed by atoms with Gasteiger partial charge in [0.25, 0.3) is 0 Å². The molecular formula is C37H59O3P. The quantitative estimate of drug-likeness (QED) is 0.253. The molecule has 0 amide bonds. The van der Waals surface area contributed by atoms with Gasteiger partial charge in [-0.15, -0.1) is 0 Å². The molecule has 1 aliphatic heterocycles. The van der Waals surface area contributed by atoms with Crippen LogP contribution in [-0.2, 0) is 19.9 Å². The molecule has 3 rings (SSSR count). The van der Waals surface area contributed by atoms with E-state index < -0.39 is 8.60 Å². The molecule has 1 saturated heterocycles. The summed E-state index contributed by atoms with van der Waals surface area (Å²) in [5.74, 6) is 1.84. The number of benzene rings is 2. The SMILES string of the molecule is CCCCC(CC1COP(O)OCC(CC(CCCC)c2cccc(C(C)(C)C)c2)C1)c1cccc(C(C)(C)C)c1. The third kappa shape index (κ3) is 11.1. The van der Waals surface area contributed by atoms with Gasteiger partial charge in [-0.1, -0.05) is 130 Å². The smallest absolute Gasteiger partial charge is 0.328 e. The largest absolute Gasteiger partial charge is 0.329 e. The molecule has 3 nitrogen and oxygen atoms in total. The first-order valence-electron chi connectivity index (χ1n) is 16.4. The summed E-state index contributed by atoms with van der Waals surface area (Å²) < 4.78 is 11.7. The van der Waals surface area contributed by atoms with Gasteiger partial charge in [-0.3, -0.25) is 0 Å². The van der Waals surface area contributed by atoms with Gasteiger partial charge in [0.15, 0.2) is 0 Å². The van der Waals surface area contributed by atoms with Crippen LogP contribution in [0.5, 0.6) is 0 Å². The van der Waals surface area contributed by atoms with E-state index in [9.17, 15) is 4.89 Å². The minimum atomic E-state index is -1.81. The Labute approximate surface area is 253 Å². The Morgan fingerprint density at radius 3 is 1.51 bits per heavy atom. The van der Waals surface area contributed by atoms with Crippen molar-refractivity contribution in [3.8, 4) is 0 Å². The topological polar surface area (TPSA) is 38.7 Å². The molecule has 41 heavy (non-hydrogen) atoms. The van der Waals surface area contributed by atoms with Crippen LogP contribution in [0.4, 0.5) is 0 Å². The van der Waals surface area contributed by atoms with E-state index in [2.05, 4.69) is 104 Å². The van der Waals surface area contributed by atoms with Crippen LogP contribution in [0.1, 0.15) is 147 Å². The first-order valence-corrected chi connectivity index (χ1v) is 17.5. The van der Waals surface area contributed by atoms with Crippen LogP contribution < -0.4 is 0 Å². The molecular weight excluding hydrogens is 523 g/mol. The first-order chi connectivity index (χ1) is 19.4. The van der Waals surface area contributed by atoms with E-state index in [1.807, 2.05) is 0 Å². The summed E-state index contributed by atoms with van der Waals surface area (Å²) in [7, 11) is -1.81. The fourth-order valence-corrected chi connectivity index (χ4v) is 7.13. The maximum absolute atomic E-state index is 10.5. The van der Waals surface area contributed by atoms with E-state index in [0.29, 0.717) is 36.9 Å². The van der Waals surface area contributed by atoms with E-state index in [0.717, 1.165) is 19.3 Å². The lowest BCUT2D eigenvalue weighted by atomic mass is 9.77. The molecule has 2 aromatic carbocycles. The molecule has 1 aliphatic rings. The lowest BCUT2D eigenvalue weighted by molar-refractivity contribution is 0.0961. The maximum atomic E-state index is 10.5. The molecule has 4 atom stereocenters. The van der Waals surface area contributed by atoms with Crippen molar-refractivity contribution in [1.82, 2.24) is 0 Å². The van der Waals surface area contributed by atoms with Crippen molar-refractivity contribution in [2.45, 2.75) is 136 Å².